The SMILES string of the molecule is CCCC(COC(=O)COC(=O)C(C)(CC(C)(C)C)C(C)(C)C)CS(=O)(=O)OC. The Balaban J connectivity index is 4.91. The van der Waals surface area contributed by atoms with Crippen LogP contribution < -0.4 is 0 Å². The molecule has 0 N–H and O–H groups in total. The van der Waals surface area contributed by atoms with E-state index in [9.17, 15) is 18.0 Å². The third-order valence-electron chi connectivity index (χ3n) is 5.18. The molecule has 0 spiro atoms. The molecule has 0 radical (unpaired) electrons. The molecule has 0 amide bonds. The van der Waals surface area contributed by atoms with E-state index in [1.165, 1.54) is 0 Å². The number of hydrogen-bond donors (Lipinski definition) is 0. The number of esters is 2. The van der Waals surface area contributed by atoms with E-state index in [2.05, 4.69) is 25.0 Å². The summed E-state index contributed by atoms with van der Waals surface area (Å²) in [5.74, 6) is -1.73. The lowest BCUT2D eigenvalue weighted by Crippen LogP contribution is -2.44. The summed E-state index contributed by atoms with van der Waals surface area (Å²) in [7, 11) is -2.54. The zero-order valence-corrected chi connectivity index (χ0v) is 20.4. The molecular weight excluding hydrogens is 396 g/mol. The molecule has 0 aliphatic carbocycles. The van der Waals surface area contributed by atoms with Crippen molar-refractivity contribution < 1.29 is 31.7 Å². The molecule has 0 bridgehead atoms. The Morgan fingerprint density at radius 1 is 0.966 bits per heavy atom. The van der Waals surface area contributed by atoms with Crippen molar-refractivity contribution in [2.75, 3.05) is 26.1 Å². The molecule has 0 saturated carbocycles. The van der Waals surface area contributed by atoms with E-state index in [-0.39, 0.29) is 29.1 Å². The highest BCUT2D eigenvalue weighted by atomic mass is 32.2. The van der Waals surface area contributed by atoms with Crippen LogP contribution in [0.5, 0.6) is 0 Å². The molecule has 0 heterocycles. The third-order valence-corrected chi connectivity index (χ3v) is 6.57. The van der Waals surface area contributed by atoms with Gasteiger partial charge >= 0.3 is 11.9 Å². The first kappa shape index (κ1) is 27.8. The van der Waals surface area contributed by atoms with Crippen LogP contribution in [-0.2, 0) is 33.4 Å². The smallest absolute Gasteiger partial charge is 0.344 e. The van der Waals surface area contributed by atoms with E-state index in [1.807, 2.05) is 34.6 Å². The van der Waals surface area contributed by atoms with E-state index in [0.29, 0.717) is 12.8 Å². The average Bonchev–Trinajstić information content (AvgIpc) is 2.54. The van der Waals surface area contributed by atoms with Gasteiger partial charge in [0.15, 0.2) is 6.61 Å². The Hall–Kier alpha value is -1.15. The van der Waals surface area contributed by atoms with Crippen molar-refractivity contribution in [1.82, 2.24) is 0 Å². The highest BCUT2D eigenvalue weighted by Crippen LogP contribution is 2.47. The number of rotatable bonds is 11. The molecule has 172 valence electrons. The number of carbonyl (C=O) groups is 2. The minimum absolute atomic E-state index is 0.0641. The highest BCUT2D eigenvalue weighted by Gasteiger charge is 2.47. The van der Waals surface area contributed by atoms with Gasteiger partial charge in [-0.3, -0.25) is 8.98 Å². The van der Waals surface area contributed by atoms with Crippen LogP contribution in [0.3, 0.4) is 0 Å². The third kappa shape index (κ3) is 9.94. The van der Waals surface area contributed by atoms with Crippen molar-refractivity contribution >= 4 is 22.1 Å². The van der Waals surface area contributed by atoms with E-state index in [1.54, 1.807) is 0 Å². The topological polar surface area (TPSA) is 96.0 Å². The molecule has 0 aromatic rings. The fourth-order valence-corrected chi connectivity index (χ4v) is 4.20. The summed E-state index contributed by atoms with van der Waals surface area (Å²) in [4.78, 5) is 24.9. The number of ether oxygens (including phenoxy) is 2. The van der Waals surface area contributed by atoms with Crippen LogP contribution in [0.1, 0.15) is 74.7 Å². The maximum Gasteiger partial charge on any atom is 0.344 e. The second-order valence-electron chi connectivity index (χ2n) is 10.1. The molecule has 0 aromatic carbocycles. The molecule has 0 aliphatic heterocycles. The summed E-state index contributed by atoms with van der Waals surface area (Å²) in [5, 5.41) is 0. The zero-order valence-electron chi connectivity index (χ0n) is 19.6. The summed E-state index contributed by atoms with van der Waals surface area (Å²) >= 11 is 0. The minimum Gasteiger partial charge on any atom is -0.463 e. The minimum atomic E-state index is -3.64. The Morgan fingerprint density at radius 3 is 1.93 bits per heavy atom. The normalized spacial score (nSPS) is 16.0. The van der Waals surface area contributed by atoms with Crippen molar-refractivity contribution in [2.24, 2.45) is 22.2 Å². The maximum absolute atomic E-state index is 12.8. The molecule has 2 atom stereocenters. The zero-order chi connectivity index (χ0) is 23.1. The van der Waals surface area contributed by atoms with Crippen LogP contribution in [-0.4, -0.2) is 46.4 Å². The van der Waals surface area contributed by atoms with Crippen LogP contribution in [0.25, 0.3) is 0 Å². The van der Waals surface area contributed by atoms with Crippen LogP contribution in [0, 0.1) is 22.2 Å². The summed E-state index contributed by atoms with van der Waals surface area (Å²) in [6.45, 7) is 15.3. The summed E-state index contributed by atoms with van der Waals surface area (Å²) < 4.78 is 38.2. The Labute approximate surface area is 177 Å². The van der Waals surface area contributed by atoms with Gasteiger partial charge in [0.25, 0.3) is 10.1 Å². The van der Waals surface area contributed by atoms with E-state index >= 15 is 0 Å². The molecule has 0 saturated heterocycles. The molecule has 2 unspecified atom stereocenters. The van der Waals surface area contributed by atoms with Crippen molar-refractivity contribution in [1.29, 1.82) is 0 Å². The van der Waals surface area contributed by atoms with Crippen LogP contribution in [0.4, 0.5) is 0 Å². The molecule has 0 fully saturated rings. The fraction of sp³-hybridized carbons (Fsp3) is 0.905. The molecule has 8 heteroatoms. The van der Waals surface area contributed by atoms with Gasteiger partial charge in [-0.2, -0.15) is 8.42 Å². The monoisotopic (exact) mass is 436 g/mol. The first-order valence-corrected chi connectivity index (χ1v) is 11.7. The molecule has 0 rings (SSSR count). The summed E-state index contributed by atoms with van der Waals surface area (Å²) in [5.41, 5.74) is -1.23. The van der Waals surface area contributed by atoms with Gasteiger partial charge < -0.3 is 9.47 Å². The summed E-state index contributed by atoms with van der Waals surface area (Å²) in [6, 6.07) is 0. The molecule has 29 heavy (non-hydrogen) atoms. The van der Waals surface area contributed by atoms with Gasteiger partial charge in [-0.25, -0.2) is 4.79 Å². The second-order valence-corrected chi connectivity index (χ2v) is 11.9. The Kier molecular flexibility index (Phi) is 10.3. The predicted molar refractivity (Wildman–Crippen MR) is 113 cm³/mol. The lowest BCUT2D eigenvalue weighted by Gasteiger charge is -2.43. The molecular formula is C21H40O7S. The molecule has 0 aromatic heterocycles. The second kappa shape index (κ2) is 10.8. The average molecular weight is 437 g/mol. The van der Waals surface area contributed by atoms with E-state index in [4.69, 9.17) is 9.47 Å². The lowest BCUT2D eigenvalue weighted by atomic mass is 9.61. The number of hydrogen-bond acceptors (Lipinski definition) is 7. The van der Waals surface area contributed by atoms with Crippen LogP contribution in [0.2, 0.25) is 0 Å². The first-order chi connectivity index (χ1) is 13.0. The van der Waals surface area contributed by atoms with Crippen molar-refractivity contribution in [3.05, 3.63) is 0 Å². The quantitative estimate of drug-likeness (QED) is 0.357. The van der Waals surface area contributed by atoms with E-state index < -0.39 is 34.1 Å². The Morgan fingerprint density at radius 2 is 1.52 bits per heavy atom. The van der Waals surface area contributed by atoms with Crippen LogP contribution >= 0.6 is 0 Å². The lowest BCUT2D eigenvalue weighted by molar-refractivity contribution is -0.172. The predicted octanol–water partition coefficient (Wildman–Crippen LogP) is 3.95. The van der Waals surface area contributed by atoms with Gasteiger partial charge in [0.05, 0.1) is 24.9 Å². The van der Waals surface area contributed by atoms with Gasteiger partial charge in [0, 0.05) is 5.92 Å². The van der Waals surface area contributed by atoms with Gasteiger partial charge in [-0.1, -0.05) is 54.9 Å². The van der Waals surface area contributed by atoms with E-state index in [0.717, 1.165) is 13.5 Å². The first-order valence-electron chi connectivity index (χ1n) is 10.1. The van der Waals surface area contributed by atoms with Gasteiger partial charge in [0.2, 0.25) is 0 Å². The molecule has 7 nitrogen and oxygen atoms in total. The number of carbonyl (C=O) groups excluding carboxylic acids is 2. The van der Waals surface area contributed by atoms with Crippen molar-refractivity contribution in [3.63, 3.8) is 0 Å². The van der Waals surface area contributed by atoms with Crippen LogP contribution in [0.15, 0.2) is 0 Å². The maximum atomic E-state index is 12.8. The standard InChI is InChI=1S/C21H40O7S/c1-10-11-16(14-29(24,25)26-9)12-27-17(22)13-28-18(23)21(8,20(5,6)7)15-19(2,3)4/h16H,10-15H2,1-9H3. The fourth-order valence-electron chi connectivity index (χ4n) is 3.22. The van der Waals surface area contributed by atoms with Gasteiger partial charge in [0.1, 0.15) is 0 Å². The van der Waals surface area contributed by atoms with Crippen molar-refractivity contribution in [2.45, 2.75) is 74.7 Å². The summed E-state index contributed by atoms with van der Waals surface area (Å²) in [6.07, 6.45) is 1.92. The largest absolute Gasteiger partial charge is 0.463 e. The van der Waals surface area contributed by atoms with Crippen molar-refractivity contribution in [3.8, 4) is 0 Å². The van der Waals surface area contributed by atoms with Gasteiger partial charge in [-0.15, -0.1) is 0 Å². The molecule has 0 aliphatic rings. The highest BCUT2D eigenvalue weighted by molar-refractivity contribution is 7.86. The van der Waals surface area contributed by atoms with Gasteiger partial charge in [-0.05, 0) is 30.6 Å². The Bertz CT molecular complexity index is 641.